The van der Waals surface area contributed by atoms with Gasteiger partial charge in [0.2, 0.25) is 0 Å². The Morgan fingerprint density at radius 1 is 0.727 bits per heavy atom. The van der Waals surface area contributed by atoms with Crippen LogP contribution in [0, 0.1) is 26.7 Å². The zero-order valence-corrected chi connectivity index (χ0v) is 19.8. The standard InChI is InChI=1S/C29H30O4/c1-19-16-20(2)26(21(3)17-19)25(27(28(30)32-4)29(31)33-5)18-24(22-12-8-6-9-13-22)23-14-10-7-11-15-23/h6-18,25,27H,1-5H3/t25-/m1/s1. The van der Waals surface area contributed by atoms with E-state index >= 15 is 0 Å². The van der Waals surface area contributed by atoms with Crippen LogP contribution >= 0.6 is 0 Å². The van der Waals surface area contributed by atoms with Crippen molar-refractivity contribution in [2.45, 2.75) is 26.7 Å². The summed E-state index contributed by atoms with van der Waals surface area (Å²) in [4.78, 5) is 25.8. The molecular formula is C29H30O4. The van der Waals surface area contributed by atoms with Crippen LogP contribution in [0.3, 0.4) is 0 Å². The fourth-order valence-electron chi connectivity index (χ4n) is 4.48. The summed E-state index contributed by atoms with van der Waals surface area (Å²) in [7, 11) is 2.59. The van der Waals surface area contributed by atoms with Crippen LogP contribution in [0.4, 0.5) is 0 Å². The van der Waals surface area contributed by atoms with Crippen molar-refractivity contribution in [2.24, 2.45) is 5.92 Å². The molecule has 3 aromatic rings. The molecule has 0 aromatic heterocycles. The Morgan fingerprint density at radius 3 is 1.55 bits per heavy atom. The molecule has 0 radical (unpaired) electrons. The van der Waals surface area contributed by atoms with E-state index < -0.39 is 23.8 Å². The van der Waals surface area contributed by atoms with Crippen LogP contribution in [0.5, 0.6) is 0 Å². The van der Waals surface area contributed by atoms with Gasteiger partial charge in [0.1, 0.15) is 0 Å². The second-order valence-corrected chi connectivity index (χ2v) is 8.17. The monoisotopic (exact) mass is 442 g/mol. The normalized spacial score (nSPS) is 11.6. The Morgan fingerprint density at radius 2 is 1.15 bits per heavy atom. The Kier molecular flexibility index (Phi) is 7.83. The molecule has 170 valence electrons. The van der Waals surface area contributed by atoms with Crippen LogP contribution < -0.4 is 0 Å². The van der Waals surface area contributed by atoms with E-state index in [1.165, 1.54) is 14.2 Å². The molecule has 0 saturated carbocycles. The first-order chi connectivity index (χ1) is 15.9. The molecule has 0 saturated heterocycles. The van der Waals surface area contributed by atoms with Gasteiger partial charge in [0.15, 0.2) is 5.92 Å². The predicted octanol–water partition coefficient (Wildman–Crippen LogP) is 5.79. The van der Waals surface area contributed by atoms with Gasteiger partial charge in [-0.25, -0.2) is 0 Å². The fraction of sp³-hybridized carbons (Fsp3) is 0.241. The largest absolute Gasteiger partial charge is 0.468 e. The summed E-state index contributed by atoms with van der Waals surface area (Å²) < 4.78 is 10.1. The molecule has 33 heavy (non-hydrogen) atoms. The summed E-state index contributed by atoms with van der Waals surface area (Å²) in [5, 5.41) is 0. The highest BCUT2D eigenvalue weighted by molar-refractivity contribution is 5.97. The number of hydrogen-bond donors (Lipinski definition) is 0. The molecule has 3 aromatic carbocycles. The quantitative estimate of drug-likeness (QED) is 0.343. The Labute approximate surface area is 195 Å². The highest BCUT2D eigenvalue weighted by atomic mass is 16.5. The SMILES string of the molecule is COC(=O)C(C(=O)OC)[C@H](C=C(c1ccccc1)c1ccccc1)c1c(C)cc(C)cc1C. The molecule has 0 heterocycles. The van der Waals surface area contributed by atoms with Crippen LogP contribution in [0.25, 0.3) is 5.57 Å². The number of methoxy groups -OCH3 is 2. The van der Waals surface area contributed by atoms with Gasteiger partial charge < -0.3 is 9.47 Å². The van der Waals surface area contributed by atoms with Gasteiger partial charge in [0, 0.05) is 5.92 Å². The zero-order chi connectivity index (χ0) is 24.0. The first-order valence-corrected chi connectivity index (χ1v) is 10.9. The summed E-state index contributed by atoms with van der Waals surface area (Å²) in [6.07, 6.45) is 2.01. The Bertz CT molecular complexity index is 1070. The number of aryl methyl sites for hydroxylation is 3. The van der Waals surface area contributed by atoms with Gasteiger partial charge in [-0.05, 0) is 54.2 Å². The van der Waals surface area contributed by atoms with Crippen molar-refractivity contribution in [3.05, 3.63) is 112 Å². The topological polar surface area (TPSA) is 52.6 Å². The number of ether oxygens (including phenoxy) is 2. The molecule has 0 N–H and O–H groups in total. The third kappa shape index (κ3) is 5.40. The number of allylic oxidation sites excluding steroid dienone is 1. The van der Waals surface area contributed by atoms with Crippen LogP contribution in [0.2, 0.25) is 0 Å². The fourth-order valence-corrected chi connectivity index (χ4v) is 4.48. The molecule has 0 amide bonds. The van der Waals surface area contributed by atoms with Crippen molar-refractivity contribution < 1.29 is 19.1 Å². The van der Waals surface area contributed by atoms with E-state index in [9.17, 15) is 9.59 Å². The van der Waals surface area contributed by atoms with Gasteiger partial charge in [0.05, 0.1) is 14.2 Å². The molecule has 1 atom stereocenters. The number of carbonyl (C=O) groups is 2. The minimum absolute atomic E-state index is 0.582. The summed E-state index contributed by atoms with van der Waals surface area (Å²) in [6, 6.07) is 24.1. The second kappa shape index (κ2) is 10.8. The summed E-state index contributed by atoms with van der Waals surface area (Å²) in [5.74, 6) is -2.96. The smallest absolute Gasteiger partial charge is 0.321 e. The highest BCUT2D eigenvalue weighted by Crippen LogP contribution is 2.37. The molecule has 0 bridgehead atoms. The lowest BCUT2D eigenvalue weighted by Crippen LogP contribution is -2.32. The van der Waals surface area contributed by atoms with Crippen molar-refractivity contribution in [1.29, 1.82) is 0 Å². The first kappa shape index (κ1) is 24.0. The number of benzene rings is 3. The molecular weight excluding hydrogens is 412 g/mol. The van der Waals surface area contributed by atoms with E-state index in [-0.39, 0.29) is 0 Å². The minimum atomic E-state index is -1.14. The summed E-state index contributed by atoms with van der Waals surface area (Å²) in [5.41, 5.74) is 6.97. The van der Waals surface area contributed by atoms with Crippen LogP contribution in [0.15, 0.2) is 78.9 Å². The number of rotatable bonds is 7. The molecule has 0 unspecified atom stereocenters. The van der Waals surface area contributed by atoms with Crippen LogP contribution in [-0.2, 0) is 19.1 Å². The predicted molar refractivity (Wildman–Crippen MR) is 131 cm³/mol. The number of esters is 2. The van der Waals surface area contributed by atoms with Crippen molar-refractivity contribution in [3.63, 3.8) is 0 Å². The first-order valence-electron chi connectivity index (χ1n) is 10.9. The van der Waals surface area contributed by atoms with Crippen molar-refractivity contribution in [2.75, 3.05) is 14.2 Å². The lowest BCUT2D eigenvalue weighted by molar-refractivity contribution is -0.159. The molecule has 0 aliphatic carbocycles. The zero-order valence-electron chi connectivity index (χ0n) is 19.8. The summed E-state index contributed by atoms with van der Waals surface area (Å²) >= 11 is 0. The van der Waals surface area contributed by atoms with E-state index in [2.05, 4.69) is 12.1 Å². The third-order valence-corrected chi connectivity index (χ3v) is 5.86. The van der Waals surface area contributed by atoms with Gasteiger partial charge in [-0.3, -0.25) is 9.59 Å². The molecule has 4 heteroatoms. The highest BCUT2D eigenvalue weighted by Gasteiger charge is 2.38. The van der Waals surface area contributed by atoms with Crippen molar-refractivity contribution in [3.8, 4) is 0 Å². The minimum Gasteiger partial charge on any atom is -0.468 e. The van der Waals surface area contributed by atoms with Crippen LogP contribution in [-0.4, -0.2) is 26.2 Å². The lowest BCUT2D eigenvalue weighted by atomic mass is 9.78. The molecule has 0 fully saturated rings. The molecule has 3 rings (SSSR count). The van der Waals surface area contributed by atoms with Gasteiger partial charge >= 0.3 is 11.9 Å². The maximum absolute atomic E-state index is 12.9. The molecule has 4 nitrogen and oxygen atoms in total. The maximum atomic E-state index is 12.9. The second-order valence-electron chi connectivity index (χ2n) is 8.17. The van der Waals surface area contributed by atoms with Gasteiger partial charge in [0.25, 0.3) is 0 Å². The Balaban J connectivity index is 2.35. The number of carbonyl (C=O) groups excluding carboxylic acids is 2. The van der Waals surface area contributed by atoms with Gasteiger partial charge in [-0.15, -0.1) is 0 Å². The Hall–Kier alpha value is -3.66. The van der Waals surface area contributed by atoms with E-state index in [0.29, 0.717) is 0 Å². The average molecular weight is 443 g/mol. The van der Waals surface area contributed by atoms with Gasteiger partial charge in [-0.2, -0.15) is 0 Å². The summed E-state index contributed by atoms with van der Waals surface area (Å²) in [6.45, 7) is 6.05. The van der Waals surface area contributed by atoms with E-state index in [1.54, 1.807) is 0 Å². The number of hydrogen-bond acceptors (Lipinski definition) is 4. The van der Waals surface area contributed by atoms with E-state index in [0.717, 1.165) is 39.0 Å². The maximum Gasteiger partial charge on any atom is 0.321 e. The lowest BCUT2D eigenvalue weighted by Gasteiger charge is -2.26. The molecule has 0 aliphatic heterocycles. The van der Waals surface area contributed by atoms with Crippen molar-refractivity contribution >= 4 is 17.5 Å². The van der Waals surface area contributed by atoms with E-state index in [4.69, 9.17) is 9.47 Å². The molecule has 0 aliphatic rings. The average Bonchev–Trinajstić information content (AvgIpc) is 2.82. The van der Waals surface area contributed by atoms with Crippen molar-refractivity contribution in [1.82, 2.24) is 0 Å². The van der Waals surface area contributed by atoms with Gasteiger partial charge in [-0.1, -0.05) is 84.4 Å². The van der Waals surface area contributed by atoms with Crippen LogP contribution in [0.1, 0.15) is 39.3 Å². The van der Waals surface area contributed by atoms with E-state index in [1.807, 2.05) is 87.5 Å². The molecule has 0 spiro atoms. The third-order valence-electron chi connectivity index (χ3n) is 5.86.